The largest absolute Gasteiger partial charge is 0.467 e. The van der Waals surface area contributed by atoms with Crippen LogP contribution in [0.1, 0.15) is 23.1 Å². The first-order chi connectivity index (χ1) is 11.7. The molecule has 0 aliphatic carbocycles. The molecule has 0 saturated carbocycles. The molecule has 1 atom stereocenters. The quantitative estimate of drug-likeness (QED) is 0.739. The van der Waals surface area contributed by atoms with E-state index in [2.05, 4.69) is 15.6 Å². The molecule has 2 amide bonds. The van der Waals surface area contributed by atoms with E-state index >= 15 is 0 Å². The van der Waals surface area contributed by atoms with Crippen LogP contribution >= 0.6 is 11.6 Å². The second kappa shape index (κ2) is 7.66. The standard InChI is InChI=1S/C18H16ClN3O2/c19-14-6-3-5-13(11-14)17(16-8-1-2-9-20-16)22-18(23)21-12-15-7-4-10-24-15/h1-11,17H,12H2,(H2,21,22,23)/t17-/m1/s1. The Hall–Kier alpha value is -2.79. The van der Waals surface area contributed by atoms with Gasteiger partial charge in [0, 0.05) is 11.2 Å². The van der Waals surface area contributed by atoms with Crippen LogP contribution in [0.25, 0.3) is 0 Å². The second-order valence-electron chi connectivity index (χ2n) is 5.15. The Morgan fingerprint density at radius 1 is 1.17 bits per heavy atom. The highest BCUT2D eigenvalue weighted by Crippen LogP contribution is 2.23. The Morgan fingerprint density at radius 2 is 2.08 bits per heavy atom. The first kappa shape index (κ1) is 16.1. The summed E-state index contributed by atoms with van der Waals surface area (Å²) < 4.78 is 5.20. The molecule has 1 aromatic carbocycles. The molecule has 0 aliphatic rings. The average molecular weight is 342 g/mol. The van der Waals surface area contributed by atoms with E-state index in [9.17, 15) is 4.79 Å². The van der Waals surface area contributed by atoms with Crippen LogP contribution in [-0.2, 0) is 6.54 Å². The summed E-state index contributed by atoms with van der Waals surface area (Å²) in [6.07, 6.45) is 3.26. The third-order valence-electron chi connectivity index (χ3n) is 3.44. The number of benzene rings is 1. The topological polar surface area (TPSA) is 67.2 Å². The number of furan rings is 1. The van der Waals surface area contributed by atoms with Crippen molar-refractivity contribution in [3.8, 4) is 0 Å². The maximum absolute atomic E-state index is 12.3. The van der Waals surface area contributed by atoms with Gasteiger partial charge in [-0.3, -0.25) is 4.98 Å². The molecule has 3 aromatic rings. The van der Waals surface area contributed by atoms with E-state index in [1.54, 1.807) is 30.7 Å². The maximum Gasteiger partial charge on any atom is 0.315 e. The number of carbonyl (C=O) groups is 1. The van der Waals surface area contributed by atoms with Crippen LogP contribution in [0.3, 0.4) is 0 Å². The Bertz CT molecular complexity index is 791. The minimum Gasteiger partial charge on any atom is -0.467 e. The van der Waals surface area contributed by atoms with Gasteiger partial charge in [-0.1, -0.05) is 29.8 Å². The number of pyridine rings is 1. The first-order valence-electron chi connectivity index (χ1n) is 7.45. The predicted molar refractivity (Wildman–Crippen MR) is 91.6 cm³/mol. The molecule has 0 saturated heterocycles. The fourth-order valence-corrected chi connectivity index (χ4v) is 2.52. The third kappa shape index (κ3) is 4.14. The predicted octanol–water partition coefficient (Wildman–Crippen LogP) is 3.92. The molecule has 0 radical (unpaired) electrons. The van der Waals surface area contributed by atoms with Gasteiger partial charge in [-0.2, -0.15) is 0 Å². The van der Waals surface area contributed by atoms with Crippen molar-refractivity contribution in [1.29, 1.82) is 0 Å². The van der Waals surface area contributed by atoms with Crippen molar-refractivity contribution < 1.29 is 9.21 Å². The monoisotopic (exact) mass is 341 g/mol. The number of urea groups is 1. The van der Waals surface area contributed by atoms with Gasteiger partial charge in [0.05, 0.1) is 24.5 Å². The third-order valence-corrected chi connectivity index (χ3v) is 3.68. The van der Waals surface area contributed by atoms with Gasteiger partial charge >= 0.3 is 6.03 Å². The number of aromatic nitrogens is 1. The SMILES string of the molecule is O=C(NCc1ccco1)N[C@H](c1cccc(Cl)c1)c1ccccn1. The van der Waals surface area contributed by atoms with Crippen molar-refractivity contribution >= 4 is 17.6 Å². The van der Waals surface area contributed by atoms with Gasteiger partial charge in [-0.15, -0.1) is 0 Å². The van der Waals surface area contributed by atoms with Crippen molar-refractivity contribution in [2.45, 2.75) is 12.6 Å². The van der Waals surface area contributed by atoms with E-state index in [1.807, 2.05) is 36.4 Å². The molecule has 2 aromatic heterocycles. The van der Waals surface area contributed by atoms with E-state index in [0.29, 0.717) is 17.3 Å². The molecule has 5 nitrogen and oxygen atoms in total. The van der Waals surface area contributed by atoms with E-state index in [0.717, 1.165) is 11.3 Å². The molecular weight excluding hydrogens is 326 g/mol. The summed E-state index contributed by atoms with van der Waals surface area (Å²) >= 11 is 6.08. The molecule has 3 rings (SSSR count). The van der Waals surface area contributed by atoms with Gasteiger partial charge < -0.3 is 15.1 Å². The number of nitrogens with one attached hydrogen (secondary N) is 2. The molecule has 122 valence electrons. The van der Waals surface area contributed by atoms with Crippen LogP contribution < -0.4 is 10.6 Å². The Balaban J connectivity index is 1.76. The fourth-order valence-electron chi connectivity index (χ4n) is 2.32. The van der Waals surface area contributed by atoms with E-state index in [4.69, 9.17) is 16.0 Å². The van der Waals surface area contributed by atoms with Crippen LogP contribution in [-0.4, -0.2) is 11.0 Å². The van der Waals surface area contributed by atoms with Crippen LogP contribution in [0.5, 0.6) is 0 Å². The molecule has 0 bridgehead atoms. The molecule has 0 fully saturated rings. The molecule has 24 heavy (non-hydrogen) atoms. The number of rotatable bonds is 5. The van der Waals surface area contributed by atoms with E-state index < -0.39 is 6.04 Å². The summed E-state index contributed by atoms with van der Waals surface area (Å²) in [5, 5.41) is 6.29. The molecule has 6 heteroatoms. The van der Waals surface area contributed by atoms with Gasteiger partial charge in [0.25, 0.3) is 0 Å². The van der Waals surface area contributed by atoms with Crippen molar-refractivity contribution in [2.75, 3.05) is 0 Å². The fraction of sp³-hybridized carbons (Fsp3) is 0.111. The normalized spacial score (nSPS) is 11.7. The number of carbonyl (C=O) groups excluding carboxylic acids is 1. The lowest BCUT2D eigenvalue weighted by atomic mass is 10.0. The van der Waals surface area contributed by atoms with Gasteiger partial charge in [0.15, 0.2) is 0 Å². The summed E-state index contributed by atoms with van der Waals surface area (Å²) in [6, 6.07) is 15.8. The van der Waals surface area contributed by atoms with Crippen molar-refractivity contribution in [2.24, 2.45) is 0 Å². The van der Waals surface area contributed by atoms with Crippen LogP contribution in [0.15, 0.2) is 71.5 Å². The van der Waals surface area contributed by atoms with Crippen molar-refractivity contribution in [3.05, 3.63) is 89.1 Å². The number of nitrogens with zero attached hydrogens (tertiary/aromatic N) is 1. The van der Waals surface area contributed by atoms with E-state index in [-0.39, 0.29) is 6.03 Å². The molecule has 2 heterocycles. The summed E-state index contributed by atoms with van der Waals surface area (Å²) in [6.45, 7) is 0.309. The second-order valence-corrected chi connectivity index (χ2v) is 5.59. The minimum absolute atomic E-state index is 0.309. The van der Waals surface area contributed by atoms with Crippen molar-refractivity contribution in [3.63, 3.8) is 0 Å². The van der Waals surface area contributed by atoms with Crippen LogP contribution in [0.2, 0.25) is 5.02 Å². The molecule has 2 N–H and O–H groups in total. The first-order valence-corrected chi connectivity index (χ1v) is 7.83. The van der Waals surface area contributed by atoms with Gasteiger partial charge in [0.2, 0.25) is 0 Å². The number of halogens is 1. The Kier molecular flexibility index (Phi) is 5.13. The van der Waals surface area contributed by atoms with Crippen molar-refractivity contribution in [1.82, 2.24) is 15.6 Å². The highest BCUT2D eigenvalue weighted by atomic mass is 35.5. The van der Waals surface area contributed by atoms with Crippen LogP contribution in [0.4, 0.5) is 4.79 Å². The number of amides is 2. The zero-order valence-corrected chi connectivity index (χ0v) is 13.5. The lowest BCUT2D eigenvalue weighted by Crippen LogP contribution is -2.38. The Morgan fingerprint density at radius 3 is 2.79 bits per heavy atom. The van der Waals surface area contributed by atoms with Gasteiger partial charge in [0.1, 0.15) is 5.76 Å². The lowest BCUT2D eigenvalue weighted by Gasteiger charge is -2.19. The maximum atomic E-state index is 12.3. The smallest absolute Gasteiger partial charge is 0.315 e. The summed E-state index contributed by atoms with van der Waals surface area (Å²) in [5.74, 6) is 0.683. The van der Waals surface area contributed by atoms with E-state index in [1.165, 1.54) is 0 Å². The molecule has 0 aliphatic heterocycles. The zero-order valence-electron chi connectivity index (χ0n) is 12.8. The summed E-state index contributed by atoms with van der Waals surface area (Å²) in [5.41, 5.74) is 1.59. The van der Waals surface area contributed by atoms with Crippen LogP contribution in [0, 0.1) is 0 Å². The highest BCUT2D eigenvalue weighted by Gasteiger charge is 2.18. The summed E-state index contributed by atoms with van der Waals surface area (Å²) in [7, 11) is 0. The van der Waals surface area contributed by atoms with Gasteiger partial charge in [-0.05, 0) is 42.0 Å². The lowest BCUT2D eigenvalue weighted by molar-refractivity contribution is 0.237. The summed E-state index contributed by atoms with van der Waals surface area (Å²) in [4.78, 5) is 16.6. The molecule has 0 unspecified atom stereocenters. The molecule has 0 spiro atoms. The zero-order chi connectivity index (χ0) is 16.8. The Labute approximate surface area is 144 Å². The number of hydrogen-bond donors (Lipinski definition) is 2. The average Bonchev–Trinajstić information content (AvgIpc) is 3.12. The number of hydrogen-bond acceptors (Lipinski definition) is 3. The highest BCUT2D eigenvalue weighted by molar-refractivity contribution is 6.30. The minimum atomic E-state index is -0.401. The van der Waals surface area contributed by atoms with Gasteiger partial charge in [-0.25, -0.2) is 4.79 Å². The molecular formula is C18H16ClN3O2.